The molecule has 26 heavy (non-hydrogen) atoms. The third-order valence-electron chi connectivity index (χ3n) is 5.25. The van der Waals surface area contributed by atoms with E-state index in [1.165, 1.54) is 6.42 Å². The Morgan fingerprint density at radius 3 is 2.42 bits per heavy atom. The van der Waals surface area contributed by atoms with E-state index in [4.69, 9.17) is 4.98 Å². The summed E-state index contributed by atoms with van der Waals surface area (Å²) >= 11 is 0. The summed E-state index contributed by atoms with van der Waals surface area (Å²) in [7, 11) is 1.87. The summed E-state index contributed by atoms with van der Waals surface area (Å²) in [6, 6.07) is 7.39. The molecular formula is C20H24N4O2. The number of nitrogens with zero attached hydrogens (tertiary/aromatic N) is 4. The van der Waals surface area contributed by atoms with Crippen LogP contribution in [-0.4, -0.2) is 27.3 Å². The van der Waals surface area contributed by atoms with E-state index in [9.17, 15) is 9.59 Å². The van der Waals surface area contributed by atoms with E-state index >= 15 is 0 Å². The van der Waals surface area contributed by atoms with Crippen molar-refractivity contribution in [3.05, 3.63) is 50.7 Å². The van der Waals surface area contributed by atoms with E-state index in [1.54, 1.807) is 10.7 Å². The molecule has 0 atom stereocenters. The number of fused-ring (bicyclic) bond motifs is 2. The summed E-state index contributed by atoms with van der Waals surface area (Å²) in [5.41, 5.74) is 0.789. The summed E-state index contributed by atoms with van der Waals surface area (Å²) in [6.07, 6.45) is 3.28. The van der Waals surface area contributed by atoms with Gasteiger partial charge in [0.2, 0.25) is 5.43 Å². The van der Waals surface area contributed by atoms with Crippen molar-refractivity contribution in [2.24, 2.45) is 7.05 Å². The molecule has 1 saturated heterocycles. The molecule has 0 aliphatic carbocycles. The van der Waals surface area contributed by atoms with Crippen LogP contribution < -0.4 is 16.0 Å². The highest BCUT2D eigenvalue weighted by atomic mass is 16.1. The Balaban J connectivity index is 2.15. The molecule has 0 bridgehead atoms. The third-order valence-corrected chi connectivity index (χ3v) is 5.25. The lowest BCUT2D eigenvalue weighted by atomic mass is 10.1. The second-order valence-electron chi connectivity index (χ2n) is 7.36. The Labute approximate surface area is 151 Å². The van der Waals surface area contributed by atoms with Crippen LogP contribution in [0.25, 0.3) is 21.9 Å². The van der Waals surface area contributed by atoms with E-state index in [2.05, 4.69) is 5.01 Å². The fourth-order valence-corrected chi connectivity index (χ4v) is 3.89. The molecule has 3 aromatic rings. The number of benzene rings is 1. The zero-order valence-electron chi connectivity index (χ0n) is 15.5. The van der Waals surface area contributed by atoms with Gasteiger partial charge in [0, 0.05) is 31.4 Å². The summed E-state index contributed by atoms with van der Waals surface area (Å²) in [6.45, 7) is 5.71. The smallest absolute Gasteiger partial charge is 0.285 e. The van der Waals surface area contributed by atoms with Gasteiger partial charge in [-0.3, -0.25) is 9.59 Å². The highest BCUT2D eigenvalue weighted by Crippen LogP contribution is 2.19. The Hall–Kier alpha value is -2.63. The van der Waals surface area contributed by atoms with E-state index in [0.29, 0.717) is 11.0 Å². The molecule has 0 saturated carbocycles. The van der Waals surface area contributed by atoms with Crippen LogP contribution in [0.2, 0.25) is 0 Å². The highest BCUT2D eigenvalue weighted by Gasteiger charge is 2.23. The SMILES string of the molecule is CC(C)c1nc2c(c(=O)c3ccccc3n2C)c(=O)n1N1CCCCC1. The van der Waals surface area contributed by atoms with Crippen LogP contribution in [-0.2, 0) is 7.05 Å². The van der Waals surface area contributed by atoms with Crippen molar-refractivity contribution in [3.8, 4) is 0 Å². The molecule has 1 fully saturated rings. The van der Waals surface area contributed by atoms with E-state index in [0.717, 1.165) is 37.3 Å². The molecule has 0 amide bonds. The van der Waals surface area contributed by atoms with Gasteiger partial charge in [-0.1, -0.05) is 26.0 Å². The fourth-order valence-electron chi connectivity index (χ4n) is 3.89. The zero-order valence-corrected chi connectivity index (χ0v) is 15.5. The minimum atomic E-state index is -0.244. The maximum absolute atomic E-state index is 13.4. The van der Waals surface area contributed by atoms with Crippen LogP contribution in [0.1, 0.15) is 44.9 Å². The van der Waals surface area contributed by atoms with Gasteiger partial charge in [0.25, 0.3) is 5.56 Å². The van der Waals surface area contributed by atoms with Gasteiger partial charge in [-0.25, -0.2) is 9.66 Å². The topological polar surface area (TPSA) is 60.1 Å². The van der Waals surface area contributed by atoms with Gasteiger partial charge >= 0.3 is 0 Å². The minimum Gasteiger partial charge on any atom is -0.328 e. The van der Waals surface area contributed by atoms with Crippen molar-refractivity contribution in [2.75, 3.05) is 18.1 Å². The number of aryl methyl sites for hydroxylation is 1. The lowest BCUT2D eigenvalue weighted by molar-refractivity contribution is 0.448. The molecular weight excluding hydrogens is 328 g/mol. The quantitative estimate of drug-likeness (QED) is 0.665. The Kier molecular flexibility index (Phi) is 4.05. The van der Waals surface area contributed by atoms with E-state index < -0.39 is 0 Å². The lowest BCUT2D eigenvalue weighted by Crippen LogP contribution is -2.48. The van der Waals surface area contributed by atoms with Gasteiger partial charge in [-0.05, 0) is 31.4 Å². The van der Waals surface area contributed by atoms with E-state index in [-0.39, 0.29) is 22.3 Å². The van der Waals surface area contributed by atoms with Gasteiger partial charge in [0.1, 0.15) is 11.2 Å². The number of hydrogen-bond acceptors (Lipinski definition) is 4. The number of hydrogen-bond donors (Lipinski definition) is 0. The van der Waals surface area contributed by atoms with Gasteiger partial charge < -0.3 is 9.58 Å². The molecule has 1 aliphatic rings. The first-order valence-corrected chi connectivity index (χ1v) is 9.30. The molecule has 0 N–H and O–H groups in total. The van der Waals surface area contributed by atoms with Crippen molar-refractivity contribution in [1.82, 2.24) is 14.2 Å². The number of piperidine rings is 1. The Bertz CT molecular complexity index is 1100. The largest absolute Gasteiger partial charge is 0.328 e. The third kappa shape index (κ3) is 2.43. The first-order chi connectivity index (χ1) is 12.5. The molecule has 1 aliphatic heterocycles. The molecule has 0 spiro atoms. The van der Waals surface area contributed by atoms with Gasteiger partial charge in [-0.15, -0.1) is 0 Å². The summed E-state index contributed by atoms with van der Waals surface area (Å²) < 4.78 is 3.53. The number of aromatic nitrogens is 3. The standard InChI is InChI=1S/C20H24N4O2/c1-13(2)18-21-19-16(20(26)24(18)23-11-7-4-8-12-23)17(25)14-9-5-6-10-15(14)22(19)3/h5-6,9-10,13H,4,7-8,11-12H2,1-3H3. The average molecular weight is 352 g/mol. The lowest BCUT2D eigenvalue weighted by Gasteiger charge is -2.32. The second kappa shape index (κ2) is 6.27. The molecule has 0 radical (unpaired) electrons. The monoisotopic (exact) mass is 352 g/mol. The molecule has 1 aromatic carbocycles. The highest BCUT2D eigenvalue weighted by molar-refractivity contribution is 5.91. The molecule has 2 aromatic heterocycles. The number of para-hydroxylation sites is 1. The first kappa shape index (κ1) is 16.8. The van der Waals surface area contributed by atoms with Crippen LogP contribution in [0.3, 0.4) is 0 Å². The molecule has 4 rings (SSSR count). The summed E-state index contributed by atoms with van der Waals surface area (Å²) in [5.74, 6) is 0.797. The maximum Gasteiger partial charge on any atom is 0.285 e. The zero-order chi connectivity index (χ0) is 18.4. The first-order valence-electron chi connectivity index (χ1n) is 9.30. The van der Waals surface area contributed by atoms with Crippen LogP contribution in [0.5, 0.6) is 0 Å². The van der Waals surface area contributed by atoms with Gasteiger partial charge in [-0.2, -0.15) is 0 Å². The number of rotatable bonds is 2. The molecule has 136 valence electrons. The van der Waals surface area contributed by atoms with Crippen molar-refractivity contribution in [2.45, 2.75) is 39.0 Å². The van der Waals surface area contributed by atoms with Crippen molar-refractivity contribution in [1.29, 1.82) is 0 Å². The van der Waals surface area contributed by atoms with Crippen molar-refractivity contribution >= 4 is 21.9 Å². The van der Waals surface area contributed by atoms with E-state index in [1.807, 2.05) is 43.7 Å². The van der Waals surface area contributed by atoms with Crippen molar-refractivity contribution < 1.29 is 0 Å². The fraction of sp³-hybridized carbons (Fsp3) is 0.450. The normalized spacial score (nSPS) is 15.3. The maximum atomic E-state index is 13.4. The molecule has 6 nitrogen and oxygen atoms in total. The van der Waals surface area contributed by atoms with Crippen LogP contribution >= 0.6 is 0 Å². The predicted molar refractivity (Wildman–Crippen MR) is 105 cm³/mol. The van der Waals surface area contributed by atoms with Gasteiger partial charge in [0.15, 0.2) is 5.65 Å². The van der Waals surface area contributed by atoms with Crippen molar-refractivity contribution in [3.63, 3.8) is 0 Å². The molecule has 3 heterocycles. The summed E-state index contributed by atoms with van der Waals surface area (Å²) in [4.78, 5) is 31.3. The Morgan fingerprint density at radius 2 is 1.73 bits per heavy atom. The number of pyridine rings is 1. The second-order valence-corrected chi connectivity index (χ2v) is 7.36. The van der Waals surface area contributed by atoms with Crippen LogP contribution in [0.15, 0.2) is 33.9 Å². The van der Waals surface area contributed by atoms with Crippen LogP contribution in [0, 0.1) is 0 Å². The Morgan fingerprint density at radius 1 is 1.04 bits per heavy atom. The minimum absolute atomic E-state index is 0.0793. The summed E-state index contributed by atoms with van der Waals surface area (Å²) in [5, 5.41) is 2.80. The predicted octanol–water partition coefficient (Wildman–Crippen LogP) is 2.49. The average Bonchev–Trinajstić information content (AvgIpc) is 2.66. The molecule has 0 unspecified atom stereocenters. The molecule has 6 heteroatoms. The van der Waals surface area contributed by atoms with Gasteiger partial charge in [0.05, 0.1) is 5.52 Å². The van der Waals surface area contributed by atoms with Crippen LogP contribution in [0.4, 0.5) is 0 Å².